The van der Waals surface area contributed by atoms with E-state index < -0.39 is 6.04 Å². The van der Waals surface area contributed by atoms with Crippen molar-refractivity contribution < 1.29 is 9.59 Å². The Bertz CT molecular complexity index is 1570. The number of aryl methyl sites for hydroxylation is 1. The van der Waals surface area contributed by atoms with Gasteiger partial charge in [-0.15, -0.1) is 0 Å². The van der Waals surface area contributed by atoms with Crippen LogP contribution in [0, 0.1) is 6.92 Å². The van der Waals surface area contributed by atoms with Crippen LogP contribution in [0.1, 0.15) is 47.1 Å². The predicted molar refractivity (Wildman–Crippen MR) is 155 cm³/mol. The SMILES string of the molecule is Cc1ccc(C2CC(=O)C3=C(C2)Nc2ccccc2N(C(=O)C=Cc2ccccc2)C3c2cccnc2)cc1. The van der Waals surface area contributed by atoms with Crippen LogP contribution in [0.15, 0.2) is 121 Å². The van der Waals surface area contributed by atoms with Gasteiger partial charge in [-0.05, 0) is 60.2 Å². The van der Waals surface area contributed by atoms with E-state index >= 15 is 0 Å². The van der Waals surface area contributed by atoms with Crippen molar-refractivity contribution in [2.45, 2.75) is 31.7 Å². The zero-order chi connectivity index (χ0) is 26.8. The van der Waals surface area contributed by atoms with Crippen molar-refractivity contribution in [3.63, 3.8) is 0 Å². The van der Waals surface area contributed by atoms with Crippen LogP contribution >= 0.6 is 0 Å². The summed E-state index contributed by atoms with van der Waals surface area (Å²) < 4.78 is 0. The average molecular weight is 512 g/mol. The minimum Gasteiger partial charge on any atom is -0.357 e. The van der Waals surface area contributed by atoms with Gasteiger partial charge in [0.05, 0.1) is 17.4 Å². The second-order valence-corrected chi connectivity index (χ2v) is 10.1. The Balaban J connectivity index is 1.49. The maximum absolute atomic E-state index is 14.0. The molecular weight excluding hydrogens is 482 g/mol. The molecule has 0 spiro atoms. The maximum Gasteiger partial charge on any atom is 0.251 e. The molecule has 1 amide bonds. The third-order valence-corrected chi connectivity index (χ3v) is 7.49. The number of aromatic nitrogens is 1. The molecule has 0 saturated carbocycles. The first-order valence-electron chi connectivity index (χ1n) is 13.2. The number of benzene rings is 3. The highest BCUT2D eigenvalue weighted by Gasteiger charge is 2.41. The lowest BCUT2D eigenvalue weighted by molar-refractivity contribution is -0.116. The number of nitrogens with zero attached hydrogens (tertiary/aromatic N) is 2. The molecule has 5 nitrogen and oxygen atoms in total. The number of nitrogens with one attached hydrogen (secondary N) is 1. The molecule has 3 aromatic carbocycles. The lowest BCUT2D eigenvalue weighted by Crippen LogP contribution is -2.37. The number of rotatable bonds is 4. The first-order valence-corrected chi connectivity index (χ1v) is 13.2. The Morgan fingerprint density at radius 2 is 1.67 bits per heavy atom. The van der Waals surface area contributed by atoms with Gasteiger partial charge in [0.2, 0.25) is 0 Å². The van der Waals surface area contributed by atoms with Gasteiger partial charge < -0.3 is 5.32 Å². The van der Waals surface area contributed by atoms with E-state index in [1.165, 1.54) is 5.56 Å². The molecule has 5 heteroatoms. The molecule has 0 fully saturated rings. The highest BCUT2D eigenvalue weighted by molar-refractivity contribution is 6.10. The molecule has 1 aliphatic heterocycles. The average Bonchev–Trinajstić information content (AvgIpc) is 3.12. The summed E-state index contributed by atoms with van der Waals surface area (Å²) in [6, 6.07) is 29.1. The Labute approximate surface area is 228 Å². The van der Waals surface area contributed by atoms with Gasteiger partial charge in [0.15, 0.2) is 5.78 Å². The van der Waals surface area contributed by atoms with Crippen LogP contribution < -0.4 is 10.2 Å². The van der Waals surface area contributed by atoms with Crippen LogP contribution in [0.5, 0.6) is 0 Å². The second kappa shape index (κ2) is 10.5. The second-order valence-electron chi connectivity index (χ2n) is 10.1. The summed E-state index contributed by atoms with van der Waals surface area (Å²) in [6.07, 6.45) is 7.93. The quantitative estimate of drug-likeness (QED) is 0.300. The molecule has 192 valence electrons. The summed E-state index contributed by atoms with van der Waals surface area (Å²) >= 11 is 0. The molecule has 2 unspecified atom stereocenters. The van der Waals surface area contributed by atoms with E-state index in [4.69, 9.17) is 0 Å². The molecule has 39 heavy (non-hydrogen) atoms. The van der Waals surface area contributed by atoms with Gasteiger partial charge in [-0.1, -0.05) is 78.4 Å². The molecule has 1 aromatic heterocycles. The van der Waals surface area contributed by atoms with Gasteiger partial charge >= 0.3 is 0 Å². The zero-order valence-electron chi connectivity index (χ0n) is 21.7. The van der Waals surface area contributed by atoms with Crippen LogP contribution in [0.4, 0.5) is 11.4 Å². The summed E-state index contributed by atoms with van der Waals surface area (Å²) in [7, 11) is 0. The zero-order valence-corrected chi connectivity index (χ0v) is 21.7. The summed E-state index contributed by atoms with van der Waals surface area (Å²) in [5.41, 5.74) is 7.09. The van der Waals surface area contributed by atoms with Crippen molar-refractivity contribution in [1.82, 2.24) is 4.98 Å². The Morgan fingerprint density at radius 1 is 0.897 bits per heavy atom. The highest BCUT2D eigenvalue weighted by atomic mass is 16.2. The lowest BCUT2D eigenvalue weighted by Gasteiger charge is -2.34. The first kappa shape index (κ1) is 24.6. The van der Waals surface area contributed by atoms with E-state index in [9.17, 15) is 9.59 Å². The van der Waals surface area contributed by atoms with Crippen molar-refractivity contribution in [1.29, 1.82) is 0 Å². The van der Waals surface area contributed by atoms with Gasteiger partial charge in [0.25, 0.3) is 5.91 Å². The van der Waals surface area contributed by atoms with Crippen molar-refractivity contribution in [2.24, 2.45) is 0 Å². The van der Waals surface area contributed by atoms with E-state index in [1.807, 2.05) is 72.8 Å². The Kier molecular flexibility index (Phi) is 6.64. The van der Waals surface area contributed by atoms with Gasteiger partial charge in [0.1, 0.15) is 0 Å². The van der Waals surface area contributed by atoms with Crippen LogP contribution in [-0.2, 0) is 9.59 Å². The number of pyridine rings is 1. The van der Waals surface area contributed by atoms with Gasteiger partial charge in [0, 0.05) is 36.2 Å². The third kappa shape index (κ3) is 4.91. The Morgan fingerprint density at radius 3 is 2.44 bits per heavy atom. The Hall–Kier alpha value is -4.77. The fraction of sp³-hybridized carbons (Fsp3) is 0.147. The number of carbonyl (C=O) groups excluding carboxylic acids is 2. The number of hydrogen-bond donors (Lipinski definition) is 1. The molecule has 0 bridgehead atoms. The normalized spacial score (nSPS) is 18.8. The minimum atomic E-state index is -0.607. The number of amides is 1. The number of fused-ring (bicyclic) bond motifs is 1. The summed E-state index contributed by atoms with van der Waals surface area (Å²) in [4.78, 5) is 34.2. The summed E-state index contributed by atoms with van der Waals surface area (Å²) in [5, 5.41) is 3.58. The van der Waals surface area contributed by atoms with Gasteiger partial charge in [-0.25, -0.2) is 0 Å². The number of Topliss-reactive ketones (excluding diaryl/α,β-unsaturated/α-hetero) is 1. The molecule has 2 heterocycles. The van der Waals surface area contributed by atoms with E-state index in [1.54, 1.807) is 23.4 Å². The van der Waals surface area contributed by atoms with Crippen molar-refractivity contribution in [2.75, 3.05) is 10.2 Å². The number of carbonyl (C=O) groups is 2. The van der Waals surface area contributed by atoms with Crippen molar-refractivity contribution >= 4 is 29.1 Å². The van der Waals surface area contributed by atoms with E-state index in [-0.39, 0.29) is 17.6 Å². The molecule has 0 radical (unpaired) electrons. The smallest absolute Gasteiger partial charge is 0.251 e. The van der Waals surface area contributed by atoms with Crippen LogP contribution in [0.2, 0.25) is 0 Å². The highest BCUT2D eigenvalue weighted by Crippen LogP contribution is 2.47. The molecule has 4 aromatic rings. The molecule has 6 rings (SSSR count). The number of ketones is 1. The van der Waals surface area contributed by atoms with E-state index in [0.29, 0.717) is 18.4 Å². The number of allylic oxidation sites excluding steroid dienone is 1. The van der Waals surface area contributed by atoms with Crippen LogP contribution in [0.3, 0.4) is 0 Å². The van der Waals surface area contributed by atoms with E-state index in [0.717, 1.165) is 33.8 Å². The van der Waals surface area contributed by atoms with Crippen molar-refractivity contribution in [3.05, 3.63) is 143 Å². The van der Waals surface area contributed by atoms with Gasteiger partial charge in [-0.2, -0.15) is 0 Å². The first-order chi connectivity index (χ1) is 19.1. The standard InChI is InChI=1S/C34H29N3O2/c1-23-13-16-25(17-14-23)27-20-29-33(31(38)21-27)34(26-10-7-19-35-22-26)37(30-12-6-5-11-28(30)36-29)32(39)18-15-24-8-3-2-4-9-24/h2-19,22,27,34,36H,20-21H2,1H3. The number of hydrogen-bond acceptors (Lipinski definition) is 4. The molecule has 2 atom stereocenters. The molecule has 2 aliphatic rings. The fourth-order valence-corrected chi connectivity index (χ4v) is 5.57. The molecular formula is C34H29N3O2. The topological polar surface area (TPSA) is 62.3 Å². The minimum absolute atomic E-state index is 0.0424. The molecule has 0 saturated heterocycles. The third-order valence-electron chi connectivity index (χ3n) is 7.49. The van der Waals surface area contributed by atoms with Crippen LogP contribution in [0.25, 0.3) is 6.08 Å². The predicted octanol–water partition coefficient (Wildman–Crippen LogP) is 7.00. The molecule has 1 aliphatic carbocycles. The number of para-hydroxylation sites is 2. The van der Waals surface area contributed by atoms with Crippen LogP contribution in [-0.4, -0.2) is 16.7 Å². The summed E-state index contributed by atoms with van der Waals surface area (Å²) in [6.45, 7) is 2.07. The fourth-order valence-electron chi connectivity index (χ4n) is 5.57. The maximum atomic E-state index is 14.0. The molecule has 1 N–H and O–H groups in total. The lowest BCUT2D eigenvalue weighted by atomic mass is 9.78. The van der Waals surface area contributed by atoms with E-state index in [2.05, 4.69) is 41.5 Å². The monoisotopic (exact) mass is 511 g/mol. The largest absolute Gasteiger partial charge is 0.357 e. The number of anilines is 2. The summed E-state index contributed by atoms with van der Waals surface area (Å²) in [5.74, 6) is -0.101. The van der Waals surface area contributed by atoms with Gasteiger partial charge in [-0.3, -0.25) is 19.5 Å². The van der Waals surface area contributed by atoms with Crippen molar-refractivity contribution in [3.8, 4) is 0 Å².